The summed E-state index contributed by atoms with van der Waals surface area (Å²) in [5.74, 6) is 0.652. The van der Waals surface area contributed by atoms with Crippen molar-refractivity contribution in [3.63, 3.8) is 0 Å². The van der Waals surface area contributed by atoms with Crippen molar-refractivity contribution in [3.8, 4) is 0 Å². The van der Waals surface area contributed by atoms with E-state index in [1.807, 2.05) is 0 Å². The maximum absolute atomic E-state index is 2.47. The summed E-state index contributed by atoms with van der Waals surface area (Å²) in [7, 11) is 0. The zero-order chi connectivity index (χ0) is 35.1. The van der Waals surface area contributed by atoms with Gasteiger partial charge in [0.05, 0.1) is 0 Å². The third-order valence-corrected chi connectivity index (χ3v) is 9.52. The molecule has 0 saturated carbocycles. The van der Waals surface area contributed by atoms with Gasteiger partial charge < -0.3 is 9.80 Å². The molecule has 0 spiro atoms. The van der Waals surface area contributed by atoms with Crippen LogP contribution in [0.1, 0.15) is 89.6 Å². The topological polar surface area (TPSA) is 6.48 Å². The van der Waals surface area contributed by atoms with E-state index in [1.165, 1.54) is 95.0 Å². The van der Waals surface area contributed by atoms with Crippen molar-refractivity contribution in [2.75, 3.05) is 9.80 Å². The lowest BCUT2D eigenvalue weighted by Gasteiger charge is -2.31. The van der Waals surface area contributed by atoms with Crippen LogP contribution in [0.15, 0.2) is 103 Å². The van der Waals surface area contributed by atoms with Crippen molar-refractivity contribution in [2.24, 2.45) is 0 Å². The van der Waals surface area contributed by atoms with Crippen LogP contribution >= 0.6 is 0 Å². The van der Waals surface area contributed by atoms with Crippen LogP contribution in [0.25, 0.3) is 10.8 Å². The molecule has 0 aliphatic rings. The Morgan fingerprint density at radius 1 is 0.327 bits per heavy atom. The first kappa shape index (κ1) is 34.1. The fourth-order valence-corrected chi connectivity index (χ4v) is 7.60. The summed E-state index contributed by atoms with van der Waals surface area (Å²) in [5.41, 5.74) is 18.7. The molecule has 0 heterocycles. The SMILES string of the molecule is Cc1cccc(N(c2cc(C)cc(C)c2)c2cc(C(C)C)c3cc(N(c4cc(C)cc(C)c4)c4cc(C)cc(C)c4)cc(C(C)C)c3c2)c1. The zero-order valence-electron chi connectivity index (χ0n) is 31.4. The van der Waals surface area contributed by atoms with Gasteiger partial charge in [0, 0.05) is 34.1 Å². The number of fused-ring (bicyclic) bond motifs is 1. The molecule has 49 heavy (non-hydrogen) atoms. The number of anilines is 6. The number of aryl methyl sites for hydroxylation is 7. The Morgan fingerprint density at radius 2 is 0.633 bits per heavy atom. The third kappa shape index (κ3) is 7.15. The second kappa shape index (κ2) is 13.6. The van der Waals surface area contributed by atoms with Crippen LogP contribution in [0.3, 0.4) is 0 Å². The molecule has 0 unspecified atom stereocenters. The fourth-order valence-electron chi connectivity index (χ4n) is 7.60. The summed E-state index contributed by atoms with van der Waals surface area (Å²) in [4.78, 5) is 4.92. The summed E-state index contributed by atoms with van der Waals surface area (Å²) >= 11 is 0. The Kier molecular flexibility index (Phi) is 9.45. The van der Waals surface area contributed by atoms with Gasteiger partial charge in [0.25, 0.3) is 0 Å². The fraction of sp³-hybridized carbons (Fsp3) is 0.277. The van der Waals surface area contributed by atoms with Crippen LogP contribution in [0, 0.1) is 48.5 Å². The monoisotopic (exact) mass is 644 g/mol. The summed E-state index contributed by atoms with van der Waals surface area (Å²) < 4.78 is 0. The molecule has 0 aromatic heterocycles. The van der Waals surface area contributed by atoms with Crippen molar-refractivity contribution in [2.45, 2.75) is 88.0 Å². The second-order valence-electron chi connectivity index (χ2n) is 15.0. The van der Waals surface area contributed by atoms with E-state index in [-0.39, 0.29) is 0 Å². The third-order valence-electron chi connectivity index (χ3n) is 9.52. The molecule has 6 rings (SSSR count). The molecule has 0 N–H and O–H groups in total. The highest BCUT2D eigenvalue weighted by atomic mass is 15.1. The van der Waals surface area contributed by atoms with E-state index < -0.39 is 0 Å². The van der Waals surface area contributed by atoms with Crippen LogP contribution in [0.5, 0.6) is 0 Å². The first-order valence-electron chi connectivity index (χ1n) is 17.8. The lowest BCUT2D eigenvalue weighted by Crippen LogP contribution is -2.13. The predicted molar refractivity (Wildman–Crippen MR) is 215 cm³/mol. The van der Waals surface area contributed by atoms with Crippen molar-refractivity contribution in [1.82, 2.24) is 0 Å². The first-order valence-corrected chi connectivity index (χ1v) is 17.8. The van der Waals surface area contributed by atoms with Gasteiger partial charge in [-0.25, -0.2) is 0 Å². The van der Waals surface area contributed by atoms with Gasteiger partial charge in [0.2, 0.25) is 0 Å². The normalized spacial score (nSPS) is 11.5. The summed E-state index contributed by atoms with van der Waals surface area (Å²) in [6.07, 6.45) is 0. The highest BCUT2D eigenvalue weighted by Crippen LogP contribution is 2.45. The maximum Gasteiger partial charge on any atom is 0.0470 e. The van der Waals surface area contributed by atoms with Crippen molar-refractivity contribution >= 4 is 44.9 Å². The van der Waals surface area contributed by atoms with Gasteiger partial charge in [-0.15, -0.1) is 0 Å². The van der Waals surface area contributed by atoms with E-state index in [0.717, 1.165) is 0 Å². The number of rotatable bonds is 8. The summed E-state index contributed by atoms with van der Waals surface area (Å²) in [6.45, 7) is 24.7. The predicted octanol–water partition coefficient (Wildman–Crippen LogP) is 14.2. The van der Waals surface area contributed by atoms with Crippen LogP contribution in [0.4, 0.5) is 34.1 Å². The van der Waals surface area contributed by atoms with Gasteiger partial charge in [0.1, 0.15) is 0 Å². The van der Waals surface area contributed by atoms with E-state index in [0.29, 0.717) is 11.8 Å². The molecule has 6 aromatic rings. The average molecular weight is 645 g/mol. The molecule has 0 saturated heterocycles. The van der Waals surface area contributed by atoms with Crippen LogP contribution in [-0.2, 0) is 0 Å². The molecule has 0 aliphatic heterocycles. The highest BCUT2D eigenvalue weighted by Gasteiger charge is 2.22. The quantitative estimate of drug-likeness (QED) is 0.163. The Labute approximate surface area is 295 Å². The van der Waals surface area contributed by atoms with E-state index >= 15 is 0 Å². The van der Waals surface area contributed by atoms with Crippen LogP contribution < -0.4 is 9.80 Å². The molecule has 0 radical (unpaired) electrons. The molecule has 0 fully saturated rings. The van der Waals surface area contributed by atoms with Gasteiger partial charge in [0.15, 0.2) is 0 Å². The number of hydrogen-bond donors (Lipinski definition) is 0. The Balaban J connectivity index is 1.67. The molecule has 2 nitrogen and oxygen atoms in total. The van der Waals surface area contributed by atoms with E-state index in [2.05, 4.69) is 189 Å². The minimum absolute atomic E-state index is 0.326. The minimum atomic E-state index is 0.326. The van der Waals surface area contributed by atoms with E-state index in [4.69, 9.17) is 0 Å². The lowest BCUT2D eigenvalue weighted by molar-refractivity contribution is 0.867. The highest BCUT2D eigenvalue weighted by molar-refractivity contribution is 5.98. The van der Waals surface area contributed by atoms with Gasteiger partial charge >= 0.3 is 0 Å². The Bertz CT molecular complexity index is 2050. The molecule has 0 amide bonds. The standard InChI is InChI=1S/C47H52N2/c1-29(2)44-25-42(48(38-14-12-13-31(5)18-38)39-19-32(6)15-33(7)20-39)27-46-45(30(3)4)26-43(28-47(44)46)49(40-21-34(8)16-35(9)22-40)41-23-36(10)17-37(11)24-41/h12-30H,1-11H3. The Morgan fingerprint density at radius 3 is 0.959 bits per heavy atom. The summed E-state index contributed by atoms with van der Waals surface area (Å²) in [6, 6.07) is 39.4. The van der Waals surface area contributed by atoms with Gasteiger partial charge in [-0.1, -0.05) is 58.0 Å². The van der Waals surface area contributed by atoms with Gasteiger partial charge in [-0.05, 0) is 194 Å². The second-order valence-corrected chi connectivity index (χ2v) is 15.0. The van der Waals surface area contributed by atoms with Crippen LogP contribution in [0.2, 0.25) is 0 Å². The smallest absolute Gasteiger partial charge is 0.0470 e. The summed E-state index contributed by atoms with van der Waals surface area (Å²) in [5, 5.41) is 2.64. The number of benzene rings is 6. The van der Waals surface area contributed by atoms with Crippen LogP contribution in [-0.4, -0.2) is 0 Å². The lowest BCUT2D eigenvalue weighted by atomic mass is 9.88. The molecular formula is C47H52N2. The molecule has 2 heteroatoms. The molecule has 0 aliphatic carbocycles. The van der Waals surface area contributed by atoms with Crippen molar-refractivity contribution in [1.29, 1.82) is 0 Å². The molecule has 0 bridgehead atoms. The van der Waals surface area contributed by atoms with Crippen molar-refractivity contribution < 1.29 is 0 Å². The van der Waals surface area contributed by atoms with Gasteiger partial charge in [-0.2, -0.15) is 0 Å². The Hall–Kier alpha value is -4.82. The van der Waals surface area contributed by atoms with Gasteiger partial charge in [-0.3, -0.25) is 0 Å². The molecule has 250 valence electrons. The molecular weight excluding hydrogens is 593 g/mol. The molecule has 6 aromatic carbocycles. The van der Waals surface area contributed by atoms with E-state index in [9.17, 15) is 0 Å². The average Bonchev–Trinajstić information content (AvgIpc) is 2.99. The first-order chi connectivity index (χ1) is 23.3. The van der Waals surface area contributed by atoms with E-state index in [1.54, 1.807) is 0 Å². The van der Waals surface area contributed by atoms with Crippen molar-refractivity contribution in [3.05, 3.63) is 153 Å². The zero-order valence-corrected chi connectivity index (χ0v) is 31.4. The minimum Gasteiger partial charge on any atom is -0.310 e. The number of nitrogens with zero attached hydrogens (tertiary/aromatic N) is 2. The largest absolute Gasteiger partial charge is 0.310 e. The maximum atomic E-state index is 2.47. The molecule has 0 atom stereocenters. The number of hydrogen-bond acceptors (Lipinski definition) is 2.